The zero-order valence-electron chi connectivity index (χ0n) is 11.8. The summed E-state index contributed by atoms with van der Waals surface area (Å²) in [7, 11) is 0. The van der Waals surface area contributed by atoms with Crippen LogP contribution in [0.25, 0.3) is 0 Å². The molecule has 0 heterocycles. The Balaban J connectivity index is 2.92. The SMILES string of the molecule is CC(C)(C)C(CCO)NC(C(=O)O)c1ccccc1. The molecule has 0 saturated heterocycles. The first-order valence-electron chi connectivity index (χ1n) is 6.51. The smallest absolute Gasteiger partial charge is 0.325 e. The number of carboxylic acids is 1. The first kappa shape index (κ1) is 15.7. The Hall–Kier alpha value is -1.39. The molecular weight excluding hydrogens is 242 g/mol. The summed E-state index contributed by atoms with van der Waals surface area (Å²) in [5.74, 6) is -0.904. The number of benzene rings is 1. The molecule has 0 spiro atoms. The van der Waals surface area contributed by atoms with Gasteiger partial charge in [0.25, 0.3) is 0 Å². The average molecular weight is 265 g/mol. The van der Waals surface area contributed by atoms with Crippen molar-refractivity contribution < 1.29 is 15.0 Å². The van der Waals surface area contributed by atoms with Crippen molar-refractivity contribution >= 4 is 5.97 Å². The van der Waals surface area contributed by atoms with Crippen LogP contribution in [0.2, 0.25) is 0 Å². The van der Waals surface area contributed by atoms with Crippen LogP contribution in [0.3, 0.4) is 0 Å². The minimum atomic E-state index is -0.904. The number of hydrogen-bond acceptors (Lipinski definition) is 3. The molecule has 19 heavy (non-hydrogen) atoms. The summed E-state index contributed by atoms with van der Waals surface area (Å²) in [6.45, 7) is 6.13. The quantitative estimate of drug-likeness (QED) is 0.737. The van der Waals surface area contributed by atoms with Crippen molar-refractivity contribution in [2.75, 3.05) is 6.61 Å². The van der Waals surface area contributed by atoms with Crippen LogP contribution in [0.1, 0.15) is 38.8 Å². The standard InChI is InChI=1S/C15H23NO3/c1-15(2,3)12(9-10-17)16-13(14(18)19)11-7-5-4-6-8-11/h4-8,12-13,16-17H,9-10H2,1-3H3,(H,18,19). The van der Waals surface area contributed by atoms with Crippen LogP contribution in [0.15, 0.2) is 30.3 Å². The van der Waals surface area contributed by atoms with Crippen molar-refractivity contribution in [2.24, 2.45) is 5.41 Å². The van der Waals surface area contributed by atoms with Crippen molar-refractivity contribution in [2.45, 2.75) is 39.3 Å². The van der Waals surface area contributed by atoms with E-state index in [1.807, 2.05) is 39.0 Å². The highest BCUT2D eigenvalue weighted by Gasteiger charge is 2.29. The molecule has 0 aliphatic heterocycles. The van der Waals surface area contributed by atoms with Gasteiger partial charge in [-0.05, 0) is 17.4 Å². The number of rotatable bonds is 6. The first-order chi connectivity index (χ1) is 8.86. The molecule has 0 amide bonds. The van der Waals surface area contributed by atoms with Gasteiger partial charge in [-0.2, -0.15) is 0 Å². The summed E-state index contributed by atoms with van der Waals surface area (Å²) in [5, 5.41) is 21.7. The molecule has 3 N–H and O–H groups in total. The highest BCUT2D eigenvalue weighted by atomic mass is 16.4. The summed E-state index contributed by atoms with van der Waals surface area (Å²) >= 11 is 0. The van der Waals surface area contributed by atoms with Gasteiger partial charge in [0, 0.05) is 12.6 Å². The predicted octanol–water partition coefficient (Wildman–Crippen LogP) is 2.20. The molecule has 0 radical (unpaired) electrons. The molecule has 0 aromatic heterocycles. The number of aliphatic hydroxyl groups excluding tert-OH is 1. The highest BCUT2D eigenvalue weighted by molar-refractivity contribution is 5.75. The van der Waals surface area contributed by atoms with Crippen LogP contribution in [0.4, 0.5) is 0 Å². The van der Waals surface area contributed by atoms with Crippen LogP contribution >= 0.6 is 0 Å². The average Bonchev–Trinajstić information content (AvgIpc) is 2.33. The van der Waals surface area contributed by atoms with Crippen LogP contribution < -0.4 is 5.32 Å². The summed E-state index contributed by atoms with van der Waals surface area (Å²) in [6.07, 6.45) is 0.528. The molecule has 2 atom stereocenters. The number of carboxylic acid groups (broad SMARTS) is 1. The zero-order chi connectivity index (χ0) is 14.5. The summed E-state index contributed by atoms with van der Waals surface area (Å²) in [6, 6.07) is 8.28. The van der Waals surface area contributed by atoms with Crippen LogP contribution in [0, 0.1) is 5.41 Å². The van der Waals surface area contributed by atoms with Gasteiger partial charge in [0.15, 0.2) is 0 Å². The van der Waals surface area contributed by atoms with Gasteiger partial charge in [0.2, 0.25) is 0 Å². The lowest BCUT2D eigenvalue weighted by Gasteiger charge is -2.33. The van der Waals surface area contributed by atoms with Gasteiger partial charge < -0.3 is 10.2 Å². The fourth-order valence-corrected chi connectivity index (χ4v) is 2.05. The molecule has 1 aromatic rings. The van der Waals surface area contributed by atoms with E-state index in [0.717, 1.165) is 5.56 Å². The third-order valence-electron chi connectivity index (χ3n) is 3.21. The Bertz CT molecular complexity index is 398. The fourth-order valence-electron chi connectivity index (χ4n) is 2.05. The molecule has 0 aliphatic rings. The Labute approximate surface area is 114 Å². The van der Waals surface area contributed by atoms with E-state index in [2.05, 4.69) is 5.32 Å². The second kappa shape index (κ2) is 6.68. The van der Waals surface area contributed by atoms with E-state index in [-0.39, 0.29) is 18.1 Å². The number of carbonyl (C=O) groups is 1. The first-order valence-corrected chi connectivity index (χ1v) is 6.51. The van der Waals surface area contributed by atoms with Crippen LogP contribution in [-0.4, -0.2) is 28.8 Å². The Morgan fingerprint density at radius 3 is 2.26 bits per heavy atom. The lowest BCUT2D eigenvalue weighted by Crippen LogP contribution is -2.45. The molecule has 4 heteroatoms. The molecule has 1 aromatic carbocycles. The van der Waals surface area contributed by atoms with Crippen molar-refractivity contribution in [1.29, 1.82) is 0 Å². The third kappa shape index (κ3) is 4.65. The third-order valence-corrected chi connectivity index (χ3v) is 3.21. The van der Waals surface area contributed by atoms with Crippen LogP contribution in [-0.2, 0) is 4.79 Å². The van der Waals surface area contributed by atoms with E-state index in [1.54, 1.807) is 12.1 Å². The van der Waals surface area contributed by atoms with Gasteiger partial charge in [0.05, 0.1) is 0 Å². The van der Waals surface area contributed by atoms with Gasteiger partial charge in [0.1, 0.15) is 6.04 Å². The van der Waals surface area contributed by atoms with E-state index >= 15 is 0 Å². The number of hydrogen-bond donors (Lipinski definition) is 3. The molecule has 2 unspecified atom stereocenters. The van der Waals surface area contributed by atoms with Gasteiger partial charge in [-0.3, -0.25) is 10.1 Å². The van der Waals surface area contributed by atoms with Gasteiger partial charge >= 0.3 is 5.97 Å². The normalized spacial score (nSPS) is 14.9. The summed E-state index contributed by atoms with van der Waals surface area (Å²) in [5.41, 5.74) is 0.604. The van der Waals surface area contributed by atoms with E-state index in [0.29, 0.717) is 6.42 Å². The molecular formula is C15H23NO3. The maximum Gasteiger partial charge on any atom is 0.325 e. The molecule has 0 fully saturated rings. The Morgan fingerprint density at radius 2 is 1.84 bits per heavy atom. The van der Waals surface area contributed by atoms with E-state index < -0.39 is 12.0 Å². The topological polar surface area (TPSA) is 69.6 Å². The summed E-state index contributed by atoms with van der Waals surface area (Å²) in [4.78, 5) is 11.4. The van der Waals surface area contributed by atoms with Crippen molar-refractivity contribution in [3.8, 4) is 0 Å². The fraction of sp³-hybridized carbons (Fsp3) is 0.533. The summed E-state index contributed by atoms with van der Waals surface area (Å²) < 4.78 is 0. The molecule has 0 aliphatic carbocycles. The Kier molecular flexibility index (Phi) is 5.51. The predicted molar refractivity (Wildman–Crippen MR) is 74.9 cm³/mol. The zero-order valence-corrected chi connectivity index (χ0v) is 11.8. The van der Waals surface area contributed by atoms with Gasteiger partial charge in [-0.1, -0.05) is 51.1 Å². The maximum atomic E-state index is 11.4. The Morgan fingerprint density at radius 1 is 1.26 bits per heavy atom. The van der Waals surface area contributed by atoms with Gasteiger partial charge in [-0.25, -0.2) is 0 Å². The van der Waals surface area contributed by atoms with E-state index in [1.165, 1.54) is 0 Å². The number of aliphatic carboxylic acids is 1. The second-order valence-corrected chi connectivity index (χ2v) is 5.78. The van der Waals surface area contributed by atoms with Crippen LogP contribution in [0.5, 0.6) is 0 Å². The molecule has 1 rings (SSSR count). The second-order valence-electron chi connectivity index (χ2n) is 5.78. The van der Waals surface area contributed by atoms with Crippen molar-refractivity contribution in [1.82, 2.24) is 5.32 Å². The van der Waals surface area contributed by atoms with E-state index in [9.17, 15) is 9.90 Å². The lowest BCUT2D eigenvalue weighted by molar-refractivity contribution is -0.140. The lowest BCUT2D eigenvalue weighted by atomic mass is 9.84. The largest absolute Gasteiger partial charge is 0.480 e. The monoisotopic (exact) mass is 265 g/mol. The number of aliphatic hydroxyl groups is 1. The highest BCUT2D eigenvalue weighted by Crippen LogP contribution is 2.25. The number of nitrogens with one attached hydrogen (secondary N) is 1. The van der Waals surface area contributed by atoms with Gasteiger partial charge in [-0.15, -0.1) is 0 Å². The van der Waals surface area contributed by atoms with E-state index in [4.69, 9.17) is 5.11 Å². The van der Waals surface area contributed by atoms with Crippen molar-refractivity contribution in [3.05, 3.63) is 35.9 Å². The van der Waals surface area contributed by atoms with Crippen molar-refractivity contribution in [3.63, 3.8) is 0 Å². The maximum absolute atomic E-state index is 11.4. The molecule has 0 bridgehead atoms. The molecule has 0 saturated carbocycles. The molecule has 4 nitrogen and oxygen atoms in total. The minimum absolute atomic E-state index is 0.0378. The molecule has 106 valence electrons. The minimum Gasteiger partial charge on any atom is -0.480 e.